The molecule has 2 aromatic rings. The summed E-state index contributed by atoms with van der Waals surface area (Å²) < 4.78 is 2.24. The van der Waals surface area contributed by atoms with Crippen molar-refractivity contribution < 1.29 is 9.59 Å². The van der Waals surface area contributed by atoms with E-state index in [-0.39, 0.29) is 11.6 Å². The van der Waals surface area contributed by atoms with Crippen LogP contribution in [0.2, 0.25) is 0 Å². The number of fused-ring (bicyclic) bond motifs is 1. The molecule has 2 N–H and O–H groups in total. The van der Waals surface area contributed by atoms with Gasteiger partial charge in [0, 0.05) is 38.2 Å². The zero-order valence-corrected chi connectivity index (χ0v) is 13.9. The van der Waals surface area contributed by atoms with Gasteiger partial charge in [-0.25, -0.2) is 0 Å². The van der Waals surface area contributed by atoms with Crippen molar-refractivity contribution in [3.63, 3.8) is 0 Å². The maximum atomic E-state index is 12.6. The SMILES string of the molecule is NC(=O)c1ccc(C(=O)N2CCC(c3nnc4n3CCC4)CC2)cn1. The lowest BCUT2D eigenvalue weighted by atomic mass is 9.95. The monoisotopic (exact) mass is 340 g/mol. The number of nitrogens with two attached hydrogens (primary N) is 1. The molecule has 0 bridgehead atoms. The van der Waals surface area contributed by atoms with Crippen molar-refractivity contribution in [2.75, 3.05) is 13.1 Å². The van der Waals surface area contributed by atoms with Crippen LogP contribution in [0.1, 0.15) is 57.7 Å². The van der Waals surface area contributed by atoms with E-state index in [1.54, 1.807) is 6.07 Å². The van der Waals surface area contributed by atoms with Gasteiger partial charge >= 0.3 is 0 Å². The lowest BCUT2D eigenvalue weighted by Gasteiger charge is -2.31. The van der Waals surface area contributed by atoms with E-state index < -0.39 is 5.91 Å². The molecule has 1 saturated heterocycles. The van der Waals surface area contributed by atoms with Crippen LogP contribution in [0.15, 0.2) is 18.3 Å². The molecule has 1 fully saturated rings. The highest BCUT2D eigenvalue weighted by molar-refractivity contribution is 5.95. The van der Waals surface area contributed by atoms with Gasteiger partial charge in [-0.15, -0.1) is 10.2 Å². The first-order chi connectivity index (χ1) is 12.1. The molecule has 4 heterocycles. The van der Waals surface area contributed by atoms with E-state index in [1.807, 2.05) is 4.90 Å². The van der Waals surface area contributed by atoms with Crippen LogP contribution in [0.25, 0.3) is 0 Å². The van der Waals surface area contributed by atoms with E-state index in [4.69, 9.17) is 5.73 Å². The number of amides is 2. The third kappa shape index (κ3) is 2.88. The van der Waals surface area contributed by atoms with Gasteiger partial charge in [0.05, 0.1) is 5.56 Å². The Balaban J connectivity index is 1.41. The van der Waals surface area contributed by atoms with Gasteiger partial charge in [0.2, 0.25) is 0 Å². The maximum absolute atomic E-state index is 12.6. The number of hydrogen-bond donors (Lipinski definition) is 1. The number of piperidine rings is 1. The fourth-order valence-corrected chi connectivity index (χ4v) is 3.66. The molecule has 2 aliphatic rings. The summed E-state index contributed by atoms with van der Waals surface area (Å²) in [5.41, 5.74) is 5.81. The Morgan fingerprint density at radius 2 is 1.92 bits per heavy atom. The molecule has 0 aliphatic carbocycles. The number of aromatic nitrogens is 4. The highest BCUT2D eigenvalue weighted by Gasteiger charge is 2.29. The Labute approximate surface area is 145 Å². The number of aryl methyl sites for hydroxylation is 1. The molecule has 0 spiro atoms. The van der Waals surface area contributed by atoms with Crippen molar-refractivity contribution in [2.24, 2.45) is 5.73 Å². The quantitative estimate of drug-likeness (QED) is 0.887. The molecule has 2 amide bonds. The summed E-state index contributed by atoms with van der Waals surface area (Å²) in [6, 6.07) is 3.09. The zero-order valence-electron chi connectivity index (χ0n) is 13.9. The number of rotatable bonds is 3. The van der Waals surface area contributed by atoms with Crippen molar-refractivity contribution in [1.82, 2.24) is 24.6 Å². The smallest absolute Gasteiger partial charge is 0.267 e. The molecule has 0 radical (unpaired) electrons. The number of pyridine rings is 1. The maximum Gasteiger partial charge on any atom is 0.267 e. The summed E-state index contributed by atoms with van der Waals surface area (Å²) in [6.07, 6.45) is 5.34. The number of hydrogen-bond acceptors (Lipinski definition) is 5. The van der Waals surface area contributed by atoms with Crippen molar-refractivity contribution in [2.45, 2.75) is 38.1 Å². The summed E-state index contributed by atoms with van der Waals surface area (Å²) in [5, 5.41) is 8.65. The fraction of sp³-hybridized carbons (Fsp3) is 0.471. The standard InChI is InChI=1S/C17H20N6O2/c18-15(24)13-4-3-12(10-19-13)17(25)22-8-5-11(6-9-22)16-21-20-14-2-1-7-23(14)16/h3-4,10-11H,1-2,5-9H2,(H2,18,24). The third-order valence-corrected chi connectivity index (χ3v) is 5.05. The minimum atomic E-state index is -0.597. The van der Waals surface area contributed by atoms with E-state index in [2.05, 4.69) is 19.7 Å². The number of primary amides is 1. The summed E-state index contributed by atoms with van der Waals surface area (Å²) >= 11 is 0. The Kier molecular flexibility index (Phi) is 3.95. The predicted molar refractivity (Wildman–Crippen MR) is 89.0 cm³/mol. The van der Waals surface area contributed by atoms with E-state index in [0.29, 0.717) is 24.6 Å². The summed E-state index contributed by atoms with van der Waals surface area (Å²) in [4.78, 5) is 29.4. The average Bonchev–Trinajstić information content (AvgIpc) is 3.25. The molecule has 130 valence electrons. The fourth-order valence-electron chi connectivity index (χ4n) is 3.66. The van der Waals surface area contributed by atoms with Crippen LogP contribution in [0.5, 0.6) is 0 Å². The van der Waals surface area contributed by atoms with Gasteiger partial charge in [-0.1, -0.05) is 0 Å². The van der Waals surface area contributed by atoms with Crippen molar-refractivity contribution >= 4 is 11.8 Å². The summed E-state index contributed by atoms with van der Waals surface area (Å²) in [7, 11) is 0. The van der Waals surface area contributed by atoms with Crippen molar-refractivity contribution in [3.8, 4) is 0 Å². The second-order valence-corrected chi connectivity index (χ2v) is 6.59. The first kappa shape index (κ1) is 15.7. The second kappa shape index (κ2) is 6.27. The van der Waals surface area contributed by atoms with Crippen LogP contribution in [0.3, 0.4) is 0 Å². The summed E-state index contributed by atoms with van der Waals surface area (Å²) in [5.74, 6) is 1.87. The Bertz CT molecular complexity index is 805. The van der Waals surface area contributed by atoms with Gasteiger partial charge in [0.25, 0.3) is 11.8 Å². The minimum absolute atomic E-state index is 0.0616. The van der Waals surface area contributed by atoms with E-state index in [0.717, 1.165) is 43.9 Å². The summed E-state index contributed by atoms with van der Waals surface area (Å²) in [6.45, 7) is 2.38. The third-order valence-electron chi connectivity index (χ3n) is 5.05. The number of likely N-dealkylation sites (tertiary alicyclic amines) is 1. The molecule has 8 heteroatoms. The first-order valence-electron chi connectivity index (χ1n) is 8.60. The molecule has 0 atom stereocenters. The molecule has 0 unspecified atom stereocenters. The minimum Gasteiger partial charge on any atom is -0.364 e. The average molecular weight is 340 g/mol. The Morgan fingerprint density at radius 3 is 2.60 bits per heavy atom. The molecule has 2 aliphatic heterocycles. The Morgan fingerprint density at radius 1 is 1.12 bits per heavy atom. The highest BCUT2D eigenvalue weighted by Crippen LogP contribution is 2.29. The number of carbonyl (C=O) groups is 2. The van der Waals surface area contributed by atoms with Crippen molar-refractivity contribution in [3.05, 3.63) is 41.2 Å². The molecule has 0 saturated carbocycles. The van der Waals surface area contributed by atoms with E-state index >= 15 is 0 Å². The molecule has 8 nitrogen and oxygen atoms in total. The lowest BCUT2D eigenvalue weighted by molar-refractivity contribution is 0.0709. The molecular formula is C17H20N6O2. The molecule has 25 heavy (non-hydrogen) atoms. The Hall–Kier alpha value is -2.77. The lowest BCUT2D eigenvalue weighted by Crippen LogP contribution is -2.38. The van der Waals surface area contributed by atoms with Crippen LogP contribution < -0.4 is 5.73 Å². The second-order valence-electron chi connectivity index (χ2n) is 6.59. The van der Waals surface area contributed by atoms with Gasteiger partial charge in [0.1, 0.15) is 17.3 Å². The van der Waals surface area contributed by atoms with E-state index in [1.165, 1.54) is 12.3 Å². The van der Waals surface area contributed by atoms with Crippen LogP contribution in [0.4, 0.5) is 0 Å². The normalized spacial score (nSPS) is 17.5. The first-order valence-corrected chi connectivity index (χ1v) is 8.60. The van der Waals surface area contributed by atoms with Crippen LogP contribution >= 0.6 is 0 Å². The number of carbonyl (C=O) groups excluding carboxylic acids is 2. The van der Waals surface area contributed by atoms with Gasteiger partial charge in [-0.3, -0.25) is 14.6 Å². The van der Waals surface area contributed by atoms with Crippen LogP contribution in [-0.4, -0.2) is 49.6 Å². The molecular weight excluding hydrogens is 320 g/mol. The molecule has 2 aromatic heterocycles. The molecule has 0 aromatic carbocycles. The zero-order chi connectivity index (χ0) is 17.4. The predicted octanol–water partition coefficient (Wildman–Crippen LogP) is 0.738. The van der Waals surface area contributed by atoms with Crippen LogP contribution in [-0.2, 0) is 13.0 Å². The highest BCUT2D eigenvalue weighted by atomic mass is 16.2. The largest absolute Gasteiger partial charge is 0.364 e. The van der Waals surface area contributed by atoms with E-state index in [9.17, 15) is 9.59 Å². The van der Waals surface area contributed by atoms with Gasteiger partial charge in [-0.2, -0.15) is 0 Å². The van der Waals surface area contributed by atoms with Crippen LogP contribution in [0, 0.1) is 0 Å². The van der Waals surface area contributed by atoms with Gasteiger partial charge in [0.15, 0.2) is 0 Å². The van der Waals surface area contributed by atoms with Gasteiger partial charge in [-0.05, 0) is 31.4 Å². The number of nitrogens with zero attached hydrogens (tertiary/aromatic N) is 5. The topological polar surface area (TPSA) is 107 Å². The van der Waals surface area contributed by atoms with Crippen molar-refractivity contribution in [1.29, 1.82) is 0 Å². The molecule has 4 rings (SSSR count). The van der Waals surface area contributed by atoms with Gasteiger partial charge < -0.3 is 15.2 Å².